The predicted octanol–water partition coefficient (Wildman–Crippen LogP) is 3.40. The number of nitrogens with zero attached hydrogens (tertiary/aromatic N) is 3. The third-order valence-electron chi connectivity index (χ3n) is 2.49. The number of hydrogen-bond acceptors (Lipinski definition) is 4. The Morgan fingerprint density at radius 3 is 2.53 bits per heavy atom. The van der Waals surface area contributed by atoms with Gasteiger partial charge in [-0.1, -0.05) is 11.8 Å². The molecule has 0 aliphatic heterocycles. The summed E-state index contributed by atoms with van der Waals surface area (Å²) in [6.45, 7) is 3.80. The van der Waals surface area contributed by atoms with Crippen LogP contribution >= 0.6 is 11.8 Å². The molecule has 0 saturated carbocycles. The summed E-state index contributed by atoms with van der Waals surface area (Å²) in [6, 6.07) is 8.24. The van der Waals surface area contributed by atoms with Gasteiger partial charge in [-0.25, -0.2) is 14.4 Å². The molecule has 0 radical (unpaired) electrons. The maximum absolute atomic E-state index is 13.6. The molecule has 0 unspecified atom stereocenters. The van der Waals surface area contributed by atoms with Crippen LogP contribution in [0.1, 0.15) is 22.5 Å². The van der Waals surface area contributed by atoms with Crippen LogP contribution in [-0.2, 0) is 5.75 Å². The lowest BCUT2D eigenvalue weighted by molar-refractivity contribution is 0.617. The number of halogens is 1. The zero-order valence-electron chi connectivity index (χ0n) is 10.6. The van der Waals surface area contributed by atoms with Crippen molar-refractivity contribution in [3.8, 4) is 6.07 Å². The van der Waals surface area contributed by atoms with E-state index in [2.05, 4.69) is 9.97 Å². The van der Waals surface area contributed by atoms with E-state index in [0.717, 1.165) is 11.4 Å². The number of nitriles is 1. The minimum absolute atomic E-state index is 0.309. The van der Waals surface area contributed by atoms with Crippen molar-refractivity contribution in [2.75, 3.05) is 0 Å². The van der Waals surface area contributed by atoms with Gasteiger partial charge >= 0.3 is 0 Å². The van der Waals surface area contributed by atoms with E-state index < -0.39 is 0 Å². The average molecular weight is 273 g/mol. The lowest BCUT2D eigenvalue weighted by Crippen LogP contribution is -1.95. The number of rotatable bonds is 3. The maximum Gasteiger partial charge on any atom is 0.188 e. The average Bonchev–Trinajstić information content (AvgIpc) is 2.37. The van der Waals surface area contributed by atoms with Crippen molar-refractivity contribution in [1.29, 1.82) is 5.26 Å². The van der Waals surface area contributed by atoms with E-state index in [-0.39, 0.29) is 5.82 Å². The van der Waals surface area contributed by atoms with Crippen molar-refractivity contribution in [1.82, 2.24) is 9.97 Å². The van der Waals surface area contributed by atoms with E-state index >= 15 is 0 Å². The highest BCUT2D eigenvalue weighted by atomic mass is 32.2. The normalized spacial score (nSPS) is 10.2. The van der Waals surface area contributed by atoms with Gasteiger partial charge in [0.15, 0.2) is 5.16 Å². The van der Waals surface area contributed by atoms with Gasteiger partial charge in [-0.2, -0.15) is 5.26 Å². The lowest BCUT2D eigenvalue weighted by atomic mass is 10.1. The summed E-state index contributed by atoms with van der Waals surface area (Å²) in [4.78, 5) is 8.57. The summed E-state index contributed by atoms with van der Waals surface area (Å²) in [6.07, 6.45) is 0. The Bertz CT molecular complexity index is 629. The Kier molecular flexibility index (Phi) is 4.13. The van der Waals surface area contributed by atoms with Crippen molar-refractivity contribution in [2.24, 2.45) is 0 Å². The van der Waals surface area contributed by atoms with Crippen LogP contribution in [0.2, 0.25) is 0 Å². The van der Waals surface area contributed by atoms with Crippen molar-refractivity contribution in [3.05, 3.63) is 52.6 Å². The molecule has 2 rings (SSSR count). The van der Waals surface area contributed by atoms with Gasteiger partial charge in [0.05, 0.1) is 11.6 Å². The van der Waals surface area contributed by atoms with Gasteiger partial charge in [-0.05, 0) is 43.7 Å². The number of thioether (sulfide) groups is 1. The first-order chi connectivity index (χ1) is 9.08. The van der Waals surface area contributed by atoms with Crippen LogP contribution in [-0.4, -0.2) is 9.97 Å². The van der Waals surface area contributed by atoms with E-state index in [9.17, 15) is 4.39 Å². The first-order valence-corrected chi connectivity index (χ1v) is 6.70. The fourth-order valence-corrected chi connectivity index (χ4v) is 2.58. The van der Waals surface area contributed by atoms with Crippen LogP contribution in [0.4, 0.5) is 4.39 Å². The van der Waals surface area contributed by atoms with E-state index in [1.54, 1.807) is 6.07 Å². The second-order valence-electron chi connectivity index (χ2n) is 4.14. The van der Waals surface area contributed by atoms with Crippen LogP contribution in [0, 0.1) is 31.0 Å². The van der Waals surface area contributed by atoms with Gasteiger partial charge in [0.25, 0.3) is 0 Å². The van der Waals surface area contributed by atoms with Crippen molar-refractivity contribution in [2.45, 2.75) is 24.8 Å². The third kappa shape index (κ3) is 3.52. The largest absolute Gasteiger partial charge is 0.228 e. The predicted molar refractivity (Wildman–Crippen MR) is 72.2 cm³/mol. The zero-order valence-corrected chi connectivity index (χ0v) is 11.5. The van der Waals surface area contributed by atoms with Gasteiger partial charge in [0.2, 0.25) is 0 Å². The van der Waals surface area contributed by atoms with Crippen LogP contribution in [0.5, 0.6) is 0 Å². The molecule has 0 aliphatic carbocycles. The lowest BCUT2D eigenvalue weighted by Gasteiger charge is -2.04. The number of aryl methyl sites for hydroxylation is 2. The van der Waals surface area contributed by atoms with Gasteiger partial charge in [-0.15, -0.1) is 0 Å². The molecule has 1 heterocycles. The molecule has 19 heavy (non-hydrogen) atoms. The molecular weight excluding hydrogens is 261 g/mol. The molecule has 3 nitrogen and oxygen atoms in total. The fraction of sp³-hybridized carbons (Fsp3) is 0.214. The molecule has 0 saturated heterocycles. The number of aromatic nitrogens is 2. The molecular formula is C14H12FN3S. The summed E-state index contributed by atoms with van der Waals surface area (Å²) in [7, 11) is 0. The first kappa shape index (κ1) is 13.5. The van der Waals surface area contributed by atoms with E-state index in [1.807, 2.05) is 26.0 Å². The second-order valence-corrected chi connectivity index (χ2v) is 5.08. The highest BCUT2D eigenvalue weighted by Crippen LogP contribution is 2.22. The molecule has 0 fully saturated rings. The molecule has 0 atom stereocenters. The Labute approximate surface area is 115 Å². The van der Waals surface area contributed by atoms with Crippen LogP contribution in [0.15, 0.2) is 29.4 Å². The first-order valence-electron chi connectivity index (χ1n) is 5.72. The summed E-state index contributed by atoms with van der Waals surface area (Å²) in [5.74, 6) is 0.0976. The van der Waals surface area contributed by atoms with Crippen molar-refractivity contribution in [3.63, 3.8) is 0 Å². The standard InChI is InChI=1S/C14H12FN3S/c1-9-5-10(2)18-14(17-9)19-8-12-6-11(7-16)3-4-13(12)15/h3-6H,8H2,1-2H3. The zero-order chi connectivity index (χ0) is 13.8. The monoisotopic (exact) mass is 273 g/mol. The summed E-state index contributed by atoms with van der Waals surface area (Å²) in [5, 5.41) is 9.43. The SMILES string of the molecule is Cc1cc(C)nc(SCc2cc(C#N)ccc2F)n1. The fourth-order valence-electron chi connectivity index (χ4n) is 1.66. The van der Waals surface area contributed by atoms with E-state index in [1.165, 1.54) is 23.9 Å². The Morgan fingerprint density at radius 2 is 1.89 bits per heavy atom. The molecule has 0 aliphatic rings. The van der Waals surface area contributed by atoms with Crippen molar-refractivity contribution >= 4 is 11.8 Å². The maximum atomic E-state index is 13.6. The van der Waals surface area contributed by atoms with Crippen LogP contribution in [0.25, 0.3) is 0 Å². The molecule has 96 valence electrons. The second kappa shape index (κ2) is 5.81. The molecule has 1 aromatic carbocycles. The summed E-state index contributed by atoms with van der Waals surface area (Å²) < 4.78 is 13.6. The topological polar surface area (TPSA) is 49.6 Å². The Hall–Kier alpha value is -1.93. The van der Waals surface area contributed by atoms with Crippen LogP contribution in [0.3, 0.4) is 0 Å². The van der Waals surface area contributed by atoms with Gasteiger partial charge < -0.3 is 0 Å². The molecule has 0 bridgehead atoms. The van der Waals surface area contributed by atoms with Gasteiger partial charge in [-0.3, -0.25) is 0 Å². The van der Waals surface area contributed by atoms with E-state index in [4.69, 9.17) is 5.26 Å². The Balaban J connectivity index is 2.16. The molecule has 1 aromatic heterocycles. The highest BCUT2D eigenvalue weighted by molar-refractivity contribution is 7.98. The minimum Gasteiger partial charge on any atom is -0.228 e. The van der Waals surface area contributed by atoms with Gasteiger partial charge in [0, 0.05) is 17.1 Å². The Morgan fingerprint density at radius 1 is 1.21 bits per heavy atom. The van der Waals surface area contributed by atoms with E-state index in [0.29, 0.717) is 22.0 Å². The van der Waals surface area contributed by atoms with Gasteiger partial charge in [0.1, 0.15) is 5.82 Å². The number of benzene rings is 1. The molecule has 0 N–H and O–H groups in total. The summed E-state index contributed by atoms with van der Waals surface area (Å²) in [5.41, 5.74) is 2.73. The smallest absolute Gasteiger partial charge is 0.188 e. The highest BCUT2D eigenvalue weighted by Gasteiger charge is 2.06. The quantitative estimate of drug-likeness (QED) is 0.635. The molecule has 2 aromatic rings. The number of hydrogen-bond donors (Lipinski definition) is 0. The van der Waals surface area contributed by atoms with Crippen molar-refractivity contribution < 1.29 is 4.39 Å². The third-order valence-corrected chi connectivity index (χ3v) is 3.39. The minimum atomic E-state index is -0.309. The summed E-state index contributed by atoms with van der Waals surface area (Å²) >= 11 is 1.36. The molecule has 5 heteroatoms. The molecule has 0 spiro atoms. The molecule has 0 amide bonds. The van der Waals surface area contributed by atoms with Crippen LogP contribution < -0.4 is 0 Å².